The van der Waals surface area contributed by atoms with Crippen molar-refractivity contribution in [2.45, 2.75) is 93.1 Å². The molecule has 1 N–H and O–H groups in total. The van der Waals surface area contributed by atoms with Crippen molar-refractivity contribution in [2.75, 3.05) is 0 Å². The van der Waals surface area contributed by atoms with Gasteiger partial charge in [0.25, 0.3) is 0 Å². The lowest BCUT2D eigenvalue weighted by atomic mass is 9.44. The molecule has 0 aromatic carbocycles. The Morgan fingerprint density at radius 2 is 1.93 bits per heavy atom. The monoisotopic (exact) mass is 386 g/mol. The largest absolute Gasteiger partial charge is 0.393 e. The van der Waals surface area contributed by atoms with Gasteiger partial charge in [0.15, 0.2) is 0 Å². The highest BCUT2D eigenvalue weighted by Gasteiger charge is 2.68. The van der Waals surface area contributed by atoms with Crippen LogP contribution in [-0.2, 0) is 4.79 Å². The van der Waals surface area contributed by atoms with Crippen LogP contribution in [0.4, 0.5) is 0 Å². The summed E-state index contributed by atoms with van der Waals surface area (Å²) < 4.78 is 0. The molecular weight excluding hydrogens is 344 g/mol. The Kier molecular flexibility index (Phi) is 5.78. The lowest BCUT2D eigenvalue weighted by Crippen LogP contribution is -2.58. The zero-order chi connectivity index (χ0) is 20.9. The number of Topliss-reactive ketones (excluding diaryl/α,β-unsaturated/α-hetero) is 1. The van der Waals surface area contributed by atoms with Crippen molar-refractivity contribution in [3.63, 3.8) is 0 Å². The van der Waals surface area contributed by atoms with Gasteiger partial charge in [0.2, 0.25) is 0 Å². The number of ketones is 1. The van der Waals surface area contributed by atoms with Crippen LogP contribution in [0.5, 0.6) is 0 Å². The highest BCUT2D eigenvalue weighted by molar-refractivity contribution is 5.86. The molecule has 0 aromatic rings. The van der Waals surface area contributed by atoms with Gasteiger partial charge in [-0.15, -0.1) is 0 Å². The van der Waals surface area contributed by atoms with Crippen molar-refractivity contribution >= 4 is 5.78 Å². The van der Waals surface area contributed by atoms with E-state index in [0.717, 1.165) is 25.7 Å². The molecule has 2 nitrogen and oxygen atoms in total. The van der Waals surface area contributed by atoms with Gasteiger partial charge in [-0.25, -0.2) is 0 Å². The van der Waals surface area contributed by atoms with Crippen LogP contribution in [0.3, 0.4) is 0 Å². The lowest BCUT2D eigenvalue weighted by Gasteiger charge is -2.60. The van der Waals surface area contributed by atoms with Crippen LogP contribution in [0, 0.1) is 39.9 Å². The molecule has 4 aliphatic carbocycles. The zero-order valence-corrected chi connectivity index (χ0v) is 19.2. The van der Waals surface area contributed by atoms with E-state index in [1.807, 2.05) is 20.8 Å². The second kappa shape index (κ2) is 7.42. The summed E-state index contributed by atoms with van der Waals surface area (Å²) in [6.45, 7) is 15.2. The van der Waals surface area contributed by atoms with Gasteiger partial charge in [-0.3, -0.25) is 4.79 Å². The molecule has 3 saturated carbocycles. The molecule has 28 heavy (non-hydrogen) atoms. The predicted octanol–water partition coefficient (Wildman–Crippen LogP) is 6.34. The molecule has 0 amide bonds. The minimum atomic E-state index is -0.296. The summed E-state index contributed by atoms with van der Waals surface area (Å²) in [7, 11) is 0. The highest BCUT2D eigenvalue weighted by Crippen LogP contribution is 2.71. The summed E-state index contributed by atoms with van der Waals surface area (Å²) in [6.07, 6.45) is 12.5. The second-order valence-corrected chi connectivity index (χ2v) is 10.4. The fourth-order valence-electron chi connectivity index (χ4n) is 8.03. The SMILES string of the molecule is CC.CCC(=O)[C@@]1(C)[C@H](C)C[C@H]2[C@@H]3CCC4=CC=CC[C@]4(C)[C@H]3[C@@H](O)C[C@@]21C. The molecule has 8 atom stereocenters. The summed E-state index contributed by atoms with van der Waals surface area (Å²) in [5.41, 5.74) is 1.29. The molecule has 0 aliphatic heterocycles. The molecule has 0 saturated heterocycles. The number of aliphatic hydroxyl groups is 1. The summed E-state index contributed by atoms with van der Waals surface area (Å²) >= 11 is 0. The molecule has 158 valence electrons. The fourth-order valence-corrected chi connectivity index (χ4v) is 8.03. The number of carbonyl (C=O) groups is 1. The first-order valence-corrected chi connectivity index (χ1v) is 11.8. The zero-order valence-electron chi connectivity index (χ0n) is 19.2. The van der Waals surface area contributed by atoms with Crippen molar-refractivity contribution in [3.05, 3.63) is 23.8 Å². The van der Waals surface area contributed by atoms with E-state index in [1.54, 1.807) is 5.57 Å². The van der Waals surface area contributed by atoms with E-state index in [9.17, 15) is 9.90 Å². The van der Waals surface area contributed by atoms with Gasteiger partial charge >= 0.3 is 0 Å². The van der Waals surface area contributed by atoms with Crippen LogP contribution >= 0.6 is 0 Å². The van der Waals surface area contributed by atoms with Crippen molar-refractivity contribution in [1.82, 2.24) is 0 Å². The Balaban J connectivity index is 0.00000109. The first-order chi connectivity index (χ1) is 13.2. The Labute approximate surface area is 172 Å². The molecule has 2 heteroatoms. The van der Waals surface area contributed by atoms with E-state index in [0.29, 0.717) is 35.9 Å². The van der Waals surface area contributed by atoms with E-state index < -0.39 is 0 Å². The van der Waals surface area contributed by atoms with Crippen LogP contribution < -0.4 is 0 Å². The van der Waals surface area contributed by atoms with E-state index in [2.05, 4.69) is 45.9 Å². The predicted molar refractivity (Wildman–Crippen MR) is 117 cm³/mol. The highest BCUT2D eigenvalue weighted by atomic mass is 16.3. The number of hydrogen-bond acceptors (Lipinski definition) is 2. The molecule has 0 heterocycles. The molecular formula is C26H42O2. The summed E-state index contributed by atoms with van der Waals surface area (Å²) in [6, 6.07) is 0. The minimum Gasteiger partial charge on any atom is -0.393 e. The smallest absolute Gasteiger partial charge is 0.139 e. The van der Waals surface area contributed by atoms with Crippen molar-refractivity contribution in [3.8, 4) is 0 Å². The maximum absolute atomic E-state index is 13.1. The summed E-state index contributed by atoms with van der Waals surface area (Å²) in [5, 5.41) is 11.4. The number of carbonyl (C=O) groups excluding carboxylic acids is 1. The van der Waals surface area contributed by atoms with Crippen molar-refractivity contribution < 1.29 is 9.90 Å². The van der Waals surface area contributed by atoms with Gasteiger partial charge in [0.1, 0.15) is 5.78 Å². The van der Waals surface area contributed by atoms with E-state index in [1.165, 1.54) is 6.42 Å². The molecule has 0 spiro atoms. The summed E-state index contributed by atoms with van der Waals surface area (Å²) in [5.74, 6) is 2.27. The number of rotatable bonds is 2. The summed E-state index contributed by atoms with van der Waals surface area (Å²) in [4.78, 5) is 13.1. The molecule has 0 bridgehead atoms. The Morgan fingerprint density at radius 3 is 2.57 bits per heavy atom. The third-order valence-corrected chi connectivity index (χ3v) is 9.72. The fraction of sp³-hybridized carbons (Fsp3) is 0.808. The van der Waals surface area contributed by atoms with Gasteiger partial charge in [-0.1, -0.05) is 72.3 Å². The van der Waals surface area contributed by atoms with E-state index in [-0.39, 0.29) is 22.3 Å². The molecule has 0 aromatic heterocycles. The van der Waals surface area contributed by atoms with Crippen molar-refractivity contribution in [1.29, 1.82) is 0 Å². The van der Waals surface area contributed by atoms with Gasteiger partial charge in [-0.05, 0) is 66.6 Å². The topological polar surface area (TPSA) is 37.3 Å². The van der Waals surface area contributed by atoms with E-state index >= 15 is 0 Å². The molecule has 0 radical (unpaired) electrons. The number of fused-ring (bicyclic) bond motifs is 5. The quantitative estimate of drug-likeness (QED) is 0.601. The Morgan fingerprint density at radius 1 is 1.25 bits per heavy atom. The van der Waals surface area contributed by atoms with Gasteiger partial charge < -0.3 is 5.11 Å². The third-order valence-electron chi connectivity index (χ3n) is 9.72. The number of hydrogen-bond donors (Lipinski definition) is 1. The van der Waals surface area contributed by atoms with Crippen molar-refractivity contribution in [2.24, 2.45) is 39.9 Å². The Bertz CT molecular complexity index is 676. The molecule has 4 aliphatic rings. The maximum atomic E-state index is 13.1. The van der Waals surface area contributed by atoms with Crippen LogP contribution in [0.25, 0.3) is 0 Å². The number of aliphatic hydroxyl groups excluding tert-OH is 1. The average molecular weight is 387 g/mol. The first-order valence-electron chi connectivity index (χ1n) is 11.8. The van der Waals surface area contributed by atoms with Gasteiger partial charge in [0, 0.05) is 11.8 Å². The van der Waals surface area contributed by atoms with Crippen LogP contribution in [0.15, 0.2) is 23.8 Å². The standard InChI is InChI=1S/C24H36O2.C2H6/c1-6-20(26)24(5)15(2)13-18-17-11-10-16-9-7-8-12-22(16,3)21(17)19(25)14-23(18,24)4;1-2/h7-9,15,17-19,21,25H,6,10-14H2,1-5H3;1-2H3/t15-,17+,18+,19+,21-,22+,23+,24-;/m1./s1. The van der Waals surface area contributed by atoms with Crippen LogP contribution in [0.1, 0.15) is 87.0 Å². The minimum absolute atomic E-state index is 0.0673. The second-order valence-electron chi connectivity index (χ2n) is 10.4. The lowest BCUT2D eigenvalue weighted by molar-refractivity contribution is -0.158. The first kappa shape index (κ1) is 21.8. The van der Waals surface area contributed by atoms with E-state index in [4.69, 9.17) is 0 Å². The normalized spacial score (nSPS) is 49.1. The Hall–Kier alpha value is -0.890. The third kappa shape index (κ3) is 2.66. The van der Waals surface area contributed by atoms with Crippen LogP contribution in [-0.4, -0.2) is 17.0 Å². The van der Waals surface area contributed by atoms with Crippen LogP contribution in [0.2, 0.25) is 0 Å². The average Bonchev–Trinajstić information content (AvgIpc) is 2.89. The molecule has 3 fully saturated rings. The van der Waals surface area contributed by atoms with Gasteiger partial charge in [0.05, 0.1) is 6.10 Å². The maximum Gasteiger partial charge on any atom is 0.139 e. The number of allylic oxidation sites excluding steroid dienone is 4. The molecule has 4 rings (SSSR count). The molecule has 0 unspecified atom stereocenters. The van der Waals surface area contributed by atoms with Gasteiger partial charge in [-0.2, -0.15) is 0 Å².